The lowest BCUT2D eigenvalue weighted by atomic mass is 9.79. The molecule has 0 saturated heterocycles. The number of carbonyl (C=O) groups excluding carboxylic acids is 2. The number of methoxy groups -OCH3 is 1. The fraction of sp³-hybridized carbons (Fsp3) is 0.524. The van der Waals surface area contributed by atoms with Gasteiger partial charge in [-0.05, 0) is 57.6 Å². The monoisotopic (exact) mass is 409 g/mol. The van der Waals surface area contributed by atoms with Crippen molar-refractivity contribution in [2.75, 3.05) is 13.7 Å². The van der Waals surface area contributed by atoms with Crippen LogP contribution in [0.5, 0.6) is 0 Å². The molecule has 0 bridgehead atoms. The Hall–Kier alpha value is -2.42. The van der Waals surface area contributed by atoms with Crippen molar-refractivity contribution in [2.45, 2.75) is 58.1 Å². The second-order valence-corrected chi connectivity index (χ2v) is 7.28. The second-order valence-electron chi connectivity index (χ2n) is 7.28. The van der Waals surface area contributed by atoms with Gasteiger partial charge in [-0.15, -0.1) is 0 Å². The van der Waals surface area contributed by atoms with Crippen LogP contribution in [-0.2, 0) is 19.0 Å². The molecule has 1 saturated carbocycles. The van der Waals surface area contributed by atoms with E-state index < -0.39 is 11.7 Å². The van der Waals surface area contributed by atoms with Gasteiger partial charge < -0.3 is 30.5 Å². The summed E-state index contributed by atoms with van der Waals surface area (Å²) in [7, 11) is 1.70. The number of nitrogens with one attached hydrogen (secondary N) is 1. The minimum absolute atomic E-state index is 0. The third-order valence-corrected chi connectivity index (χ3v) is 5.47. The molecule has 2 aliphatic rings. The molecular weight excluding hydrogens is 378 g/mol. The Kier molecular flexibility index (Phi) is 8.37. The number of hydrogen-bond donors (Lipinski definition) is 1. The van der Waals surface area contributed by atoms with E-state index in [1.165, 1.54) is 0 Å². The molecule has 1 aliphatic carbocycles. The van der Waals surface area contributed by atoms with E-state index in [-0.39, 0.29) is 29.6 Å². The molecule has 0 radical (unpaired) electrons. The van der Waals surface area contributed by atoms with Crippen LogP contribution in [0.25, 0.3) is 5.57 Å². The van der Waals surface area contributed by atoms with E-state index in [4.69, 9.17) is 14.2 Å². The fourth-order valence-electron chi connectivity index (χ4n) is 3.98. The van der Waals surface area contributed by atoms with Crippen molar-refractivity contribution in [2.24, 2.45) is 0 Å². The summed E-state index contributed by atoms with van der Waals surface area (Å²) in [5.74, 6) is 0.174. The van der Waals surface area contributed by atoms with Crippen LogP contribution in [-0.4, -0.2) is 48.4 Å². The van der Waals surface area contributed by atoms with Crippen molar-refractivity contribution in [1.29, 1.82) is 0 Å². The zero-order chi connectivity index (χ0) is 19.6. The Morgan fingerprint density at radius 2 is 1.86 bits per heavy atom. The maximum Gasteiger partial charge on any atom is 0.513 e. The van der Waals surface area contributed by atoms with Gasteiger partial charge in [0.15, 0.2) is 0 Å². The molecule has 1 fully saturated rings. The number of amides is 1. The quantitative estimate of drug-likeness (QED) is 0.758. The van der Waals surface area contributed by atoms with E-state index in [9.17, 15) is 9.59 Å². The average Bonchev–Trinajstić information content (AvgIpc) is 2.89. The van der Waals surface area contributed by atoms with Gasteiger partial charge in [0.2, 0.25) is 0 Å². The molecule has 29 heavy (non-hydrogen) atoms. The van der Waals surface area contributed by atoms with Crippen LogP contribution >= 0.6 is 0 Å². The van der Waals surface area contributed by atoms with Crippen LogP contribution in [0, 0.1) is 13.8 Å². The van der Waals surface area contributed by atoms with Crippen molar-refractivity contribution in [3.63, 3.8) is 0 Å². The molecule has 1 aliphatic heterocycles. The third-order valence-electron chi connectivity index (χ3n) is 5.47. The fourth-order valence-corrected chi connectivity index (χ4v) is 3.98. The van der Waals surface area contributed by atoms with E-state index in [2.05, 4.69) is 5.32 Å². The maximum absolute atomic E-state index is 13.0. The molecule has 3 rings (SSSR count). The van der Waals surface area contributed by atoms with E-state index in [1.54, 1.807) is 14.0 Å². The first-order valence-corrected chi connectivity index (χ1v) is 9.42. The van der Waals surface area contributed by atoms with Crippen molar-refractivity contribution in [3.05, 3.63) is 40.6 Å². The Bertz CT molecular complexity index is 779. The highest BCUT2D eigenvalue weighted by Crippen LogP contribution is 2.44. The lowest BCUT2D eigenvalue weighted by Crippen LogP contribution is -2.49. The van der Waals surface area contributed by atoms with E-state index in [0.717, 1.165) is 29.5 Å². The van der Waals surface area contributed by atoms with Gasteiger partial charge in [-0.1, -0.05) is 23.8 Å². The maximum atomic E-state index is 13.0. The normalized spacial score (nSPS) is 23.2. The van der Waals surface area contributed by atoms with Gasteiger partial charge in [-0.25, -0.2) is 4.79 Å². The van der Waals surface area contributed by atoms with Crippen LogP contribution < -0.4 is 5.32 Å². The van der Waals surface area contributed by atoms with Crippen LogP contribution in [0.1, 0.15) is 49.3 Å². The van der Waals surface area contributed by atoms with Crippen LogP contribution in [0.4, 0.5) is 4.79 Å². The van der Waals surface area contributed by atoms with Crippen LogP contribution in [0.15, 0.2) is 24.0 Å². The highest BCUT2D eigenvalue weighted by Gasteiger charge is 2.50. The number of benzene rings is 1. The standard InChI is InChI=1S/C21H27NO5.2H2O/c1-5-26-20(24)27-18-17(16-12-13(2)6-7-14(16)3)19(23)22-21(18)10-8-15(25-4)9-11-21;;/h6-7,12,15H,5,8-11H2,1-4H3,(H,22,23);2*1H2/t15-,21+;;. The molecule has 1 amide bonds. The Morgan fingerprint density at radius 1 is 1.21 bits per heavy atom. The topological polar surface area (TPSA) is 137 Å². The van der Waals surface area contributed by atoms with E-state index >= 15 is 0 Å². The number of aryl methyl sites for hydroxylation is 2. The van der Waals surface area contributed by atoms with Gasteiger partial charge in [0, 0.05) is 7.11 Å². The van der Waals surface area contributed by atoms with Gasteiger partial charge in [0.1, 0.15) is 5.76 Å². The molecule has 1 aromatic carbocycles. The molecule has 0 unspecified atom stereocenters. The summed E-state index contributed by atoms with van der Waals surface area (Å²) in [6, 6.07) is 5.93. The third kappa shape index (κ3) is 4.77. The first-order chi connectivity index (χ1) is 12.9. The van der Waals surface area contributed by atoms with Gasteiger partial charge in [0.25, 0.3) is 5.91 Å². The number of hydrogen-bond acceptors (Lipinski definition) is 5. The highest BCUT2D eigenvalue weighted by molar-refractivity contribution is 6.23. The largest absolute Gasteiger partial charge is 0.513 e. The molecule has 5 N–H and O–H groups in total. The Balaban J connectivity index is 0.00000210. The number of rotatable bonds is 4. The highest BCUT2D eigenvalue weighted by atomic mass is 16.7. The van der Waals surface area contributed by atoms with Crippen LogP contribution in [0.2, 0.25) is 0 Å². The predicted molar refractivity (Wildman–Crippen MR) is 108 cm³/mol. The van der Waals surface area contributed by atoms with Crippen LogP contribution in [0.3, 0.4) is 0 Å². The van der Waals surface area contributed by atoms with E-state index in [1.807, 2.05) is 32.0 Å². The Morgan fingerprint density at radius 3 is 2.45 bits per heavy atom. The summed E-state index contributed by atoms with van der Waals surface area (Å²) in [6.07, 6.45) is 2.25. The lowest BCUT2D eigenvalue weighted by Gasteiger charge is -2.37. The van der Waals surface area contributed by atoms with E-state index in [0.29, 0.717) is 24.2 Å². The molecule has 1 spiro atoms. The summed E-state index contributed by atoms with van der Waals surface area (Å²) in [4.78, 5) is 25.1. The van der Waals surface area contributed by atoms with Gasteiger partial charge >= 0.3 is 6.16 Å². The zero-order valence-corrected chi connectivity index (χ0v) is 17.4. The number of carbonyl (C=O) groups is 2. The predicted octanol–water partition coefficient (Wildman–Crippen LogP) is 2.00. The lowest BCUT2D eigenvalue weighted by molar-refractivity contribution is -0.116. The van der Waals surface area contributed by atoms with Crippen molar-refractivity contribution < 1.29 is 34.8 Å². The molecule has 162 valence electrons. The molecule has 0 atom stereocenters. The van der Waals surface area contributed by atoms with Crippen molar-refractivity contribution in [3.8, 4) is 0 Å². The molecule has 0 aromatic heterocycles. The summed E-state index contributed by atoms with van der Waals surface area (Å²) >= 11 is 0. The molecule has 1 heterocycles. The molecule has 8 nitrogen and oxygen atoms in total. The van der Waals surface area contributed by atoms with Gasteiger partial charge in [0.05, 0.1) is 23.8 Å². The first-order valence-electron chi connectivity index (χ1n) is 9.42. The summed E-state index contributed by atoms with van der Waals surface area (Å²) in [6.45, 7) is 5.86. The summed E-state index contributed by atoms with van der Waals surface area (Å²) in [5, 5.41) is 3.11. The number of ether oxygens (including phenoxy) is 3. The minimum Gasteiger partial charge on any atom is -0.434 e. The SMILES string of the molecule is CCOC(=O)OC1=C(c2cc(C)ccc2C)C(=O)N[C@]12CC[C@@H](OC)CC2.O.O. The van der Waals surface area contributed by atoms with Gasteiger partial charge in [-0.3, -0.25) is 4.79 Å². The molecular formula is C21H31NO7. The summed E-state index contributed by atoms with van der Waals surface area (Å²) in [5.41, 5.74) is 2.52. The zero-order valence-electron chi connectivity index (χ0n) is 17.4. The first kappa shape index (κ1) is 24.6. The molecule has 8 heteroatoms. The van der Waals surface area contributed by atoms with Gasteiger partial charge in [-0.2, -0.15) is 0 Å². The smallest absolute Gasteiger partial charge is 0.434 e. The second kappa shape index (κ2) is 9.87. The van der Waals surface area contributed by atoms with Crippen molar-refractivity contribution >= 4 is 17.6 Å². The van der Waals surface area contributed by atoms with Crippen molar-refractivity contribution in [1.82, 2.24) is 5.32 Å². The average molecular weight is 409 g/mol. The Labute approximate surface area is 170 Å². The summed E-state index contributed by atoms with van der Waals surface area (Å²) < 4.78 is 16.1. The molecule has 1 aromatic rings. The minimum atomic E-state index is -0.778.